The van der Waals surface area contributed by atoms with Gasteiger partial charge in [-0.1, -0.05) is 54.1 Å². The van der Waals surface area contributed by atoms with Gasteiger partial charge in [-0.15, -0.1) is 0 Å². The summed E-state index contributed by atoms with van der Waals surface area (Å²) in [7, 11) is -3.94. The number of nitrogens with one attached hydrogen (secondary N) is 1. The molecule has 1 atom stereocenters. The first kappa shape index (κ1) is 26.1. The molecule has 12 heteroatoms. The van der Waals surface area contributed by atoms with Gasteiger partial charge in [0.25, 0.3) is 5.91 Å². The molecule has 0 aliphatic carbocycles. The topological polar surface area (TPSA) is 107 Å². The van der Waals surface area contributed by atoms with E-state index in [9.17, 15) is 27.2 Å². The SMILES string of the molecule is C[C@]1(c2cccc3ccccc23)NC(=O)N(CC(=O)N2CCN(S(=O)(=O)c3ccc(F)c(Cl)c3)CC2)C1=O. The van der Waals surface area contributed by atoms with E-state index >= 15 is 0 Å². The minimum atomic E-state index is -3.94. The van der Waals surface area contributed by atoms with Crippen molar-refractivity contribution in [2.75, 3.05) is 32.7 Å². The Hall–Kier alpha value is -3.54. The smallest absolute Gasteiger partial charge is 0.325 e. The number of nitrogens with zero attached hydrogens (tertiary/aromatic N) is 3. The molecule has 198 valence electrons. The summed E-state index contributed by atoms with van der Waals surface area (Å²) in [6.45, 7) is 1.28. The monoisotopic (exact) mass is 558 g/mol. The van der Waals surface area contributed by atoms with Gasteiger partial charge in [0, 0.05) is 26.2 Å². The van der Waals surface area contributed by atoms with Gasteiger partial charge in [-0.3, -0.25) is 14.5 Å². The molecule has 0 aromatic heterocycles. The molecular formula is C26H24ClFN4O5S. The van der Waals surface area contributed by atoms with Crippen molar-refractivity contribution < 1.29 is 27.2 Å². The fourth-order valence-corrected chi connectivity index (χ4v) is 6.58. The quantitative estimate of drug-likeness (QED) is 0.485. The fraction of sp³-hybridized carbons (Fsp3) is 0.269. The van der Waals surface area contributed by atoms with Crippen LogP contribution in [0.15, 0.2) is 65.6 Å². The first-order chi connectivity index (χ1) is 18.0. The molecule has 1 N–H and O–H groups in total. The molecule has 2 aliphatic heterocycles. The van der Waals surface area contributed by atoms with Crippen molar-refractivity contribution >= 4 is 50.2 Å². The molecule has 0 radical (unpaired) electrons. The molecule has 0 spiro atoms. The van der Waals surface area contributed by atoms with E-state index in [4.69, 9.17) is 11.6 Å². The minimum Gasteiger partial charge on any atom is -0.338 e. The third-order valence-corrected chi connectivity index (χ3v) is 9.20. The van der Waals surface area contributed by atoms with Gasteiger partial charge >= 0.3 is 6.03 Å². The lowest BCUT2D eigenvalue weighted by Crippen LogP contribution is -2.53. The van der Waals surface area contributed by atoms with E-state index in [0.29, 0.717) is 5.56 Å². The molecule has 0 bridgehead atoms. The van der Waals surface area contributed by atoms with Crippen LogP contribution in [0.3, 0.4) is 0 Å². The van der Waals surface area contributed by atoms with E-state index in [-0.39, 0.29) is 36.1 Å². The van der Waals surface area contributed by atoms with Gasteiger partial charge in [-0.05, 0) is 41.5 Å². The number of imide groups is 1. The Morgan fingerprint density at radius 3 is 2.42 bits per heavy atom. The number of rotatable bonds is 5. The zero-order chi connectivity index (χ0) is 27.2. The maximum Gasteiger partial charge on any atom is 0.325 e. The van der Waals surface area contributed by atoms with Crippen LogP contribution in [0.1, 0.15) is 12.5 Å². The highest BCUT2D eigenvalue weighted by molar-refractivity contribution is 7.89. The lowest BCUT2D eigenvalue weighted by atomic mass is 9.88. The number of urea groups is 1. The van der Waals surface area contributed by atoms with E-state index in [2.05, 4.69) is 5.32 Å². The van der Waals surface area contributed by atoms with E-state index in [0.717, 1.165) is 33.9 Å². The molecule has 2 saturated heterocycles. The summed E-state index contributed by atoms with van der Waals surface area (Å²) in [5.74, 6) is -1.74. The molecule has 5 rings (SSSR count). The summed E-state index contributed by atoms with van der Waals surface area (Å²) in [6, 6.07) is 15.5. The van der Waals surface area contributed by atoms with Crippen molar-refractivity contribution in [2.45, 2.75) is 17.4 Å². The number of fused-ring (bicyclic) bond motifs is 1. The normalized spacial score (nSPS) is 20.7. The minimum absolute atomic E-state index is 0.00304. The predicted octanol–water partition coefficient (Wildman–Crippen LogP) is 2.93. The Kier molecular flexibility index (Phi) is 6.62. The summed E-state index contributed by atoms with van der Waals surface area (Å²) in [6.07, 6.45) is 0. The number of hydrogen-bond acceptors (Lipinski definition) is 5. The molecule has 38 heavy (non-hydrogen) atoms. The van der Waals surface area contributed by atoms with E-state index in [1.807, 2.05) is 36.4 Å². The van der Waals surface area contributed by atoms with Crippen LogP contribution in [0, 0.1) is 5.82 Å². The van der Waals surface area contributed by atoms with Gasteiger partial charge in [-0.25, -0.2) is 17.6 Å². The van der Waals surface area contributed by atoms with E-state index in [1.165, 1.54) is 9.21 Å². The number of halogens is 2. The number of piperazine rings is 1. The summed E-state index contributed by atoms with van der Waals surface area (Å²) in [4.78, 5) is 41.5. The van der Waals surface area contributed by atoms with Crippen molar-refractivity contribution in [3.8, 4) is 0 Å². The first-order valence-corrected chi connectivity index (χ1v) is 13.7. The molecule has 2 aliphatic rings. The average Bonchev–Trinajstić information content (AvgIpc) is 3.13. The molecule has 2 fully saturated rings. The van der Waals surface area contributed by atoms with E-state index in [1.54, 1.807) is 13.0 Å². The number of sulfonamides is 1. The second-order valence-electron chi connectivity index (χ2n) is 9.33. The van der Waals surface area contributed by atoms with Crippen LogP contribution < -0.4 is 5.32 Å². The van der Waals surface area contributed by atoms with Crippen LogP contribution in [-0.2, 0) is 25.2 Å². The number of carbonyl (C=O) groups is 3. The van der Waals surface area contributed by atoms with Crippen LogP contribution in [0.4, 0.5) is 9.18 Å². The van der Waals surface area contributed by atoms with Crippen molar-refractivity contribution in [2.24, 2.45) is 0 Å². The second-order valence-corrected chi connectivity index (χ2v) is 11.7. The van der Waals surface area contributed by atoms with Gasteiger partial charge < -0.3 is 10.2 Å². The van der Waals surface area contributed by atoms with Gasteiger partial charge in [0.1, 0.15) is 17.9 Å². The van der Waals surface area contributed by atoms with Crippen molar-refractivity contribution in [3.05, 3.63) is 77.1 Å². The highest BCUT2D eigenvalue weighted by Gasteiger charge is 2.50. The van der Waals surface area contributed by atoms with Crippen LogP contribution in [-0.4, -0.2) is 73.1 Å². The van der Waals surface area contributed by atoms with Gasteiger partial charge in [0.15, 0.2) is 0 Å². The Balaban J connectivity index is 1.27. The summed E-state index contributed by atoms with van der Waals surface area (Å²) in [5.41, 5.74) is -0.717. The van der Waals surface area contributed by atoms with E-state index < -0.39 is 45.8 Å². The third kappa shape index (κ3) is 4.40. The standard InChI is InChI=1S/C26H24ClFN4O5S/c1-26(20-8-4-6-17-5-2-3-7-19(17)20)24(34)32(25(35)29-26)16-23(33)30-11-13-31(14-12-30)38(36,37)18-9-10-22(28)21(27)15-18/h2-10,15H,11-14,16H2,1H3,(H,29,35)/t26-/m1/s1. The molecule has 3 aromatic carbocycles. The molecule has 4 amide bonds. The Morgan fingerprint density at radius 2 is 1.71 bits per heavy atom. The van der Waals surface area contributed by atoms with Crippen LogP contribution in [0.25, 0.3) is 10.8 Å². The highest BCUT2D eigenvalue weighted by atomic mass is 35.5. The lowest BCUT2D eigenvalue weighted by Gasteiger charge is -2.34. The number of hydrogen-bond donors (Lipinski definition) is 1. The second kappa shape index (κ2) is 9.64. The third-order valence-electron chi connectivity index (χ3n) is 7.02. The van der Waals surface area contributed by atoms with Crippen LogP contribution in [0.5, 0.6) is 0 Å². The van der Waals surface area contributed by atoms with Crippen molar-refractivity contribution in [3.63, 3.8) is 0 Å². The van der Waals surface area contributed by atoms with Gasteiger partial charge in [0.05, 0.1) is 9.92 Å². The zero-order valence-electron chi connectivity index (χ0n) is 20.4. The molecular weight excluding hydrogens is 535 g/mol. The van der Waals surface area contributed by atoms with Crippen molar-refractivity contribution in [1.82, 2.24) is 19.4 Å². The van der Waals surface area contributed by atoms with Crippen molar-refractivity contribution in [1.29, 1.82) is 0 Å². The Bertz CT molecular complexity index is 1570. The Morgan fingerprint density at radius 1 is 1.03 bits per heavy atom. The lowest BCUT2D eigenvalue weighted by molar-refractivity contribution is -0.139. The predicted molar refractivity (Wildman–Crippen MR) is 138 cm³/mol. The molecule has 0 saturated carbocycles. The molecule has 9 nitrogen and oxygen atoms in total. The summed E-state index contributed by atoms with van der Waals surface area (Å²) < 4.78 is 40.5. The molecule has 0 unspecified atom stereocenters. The maximum atomic E-state index is 13.5. The zero-order valence-corrected chi connectivity index (χ0v) is 21.9. The largest absolute Gasteiger partial charge is 0.338 e. The number of carbonyl (C=O) groups excluding carboxylic acids is 3. The van der Waals surface area contributed by atoms with Gasteiger partial charge in [-0.2, -0.15) is 4.31 Å². The molecule has 2 heterocycles. The van der Waals surface area contributed by atoms with Crippen LogP contribution >= 0.6 is 11.6 Å². The molecule has 3 aromatic rings. The first-order valence-electron chi connectivity index (χ1n) is 11.9. The summed E-state index contributed by atoms with van der Waals surface area (Å²) >= 11 is 5.74. The maximum absolute atomic E-state index is 13.5. The van der Waals surface area contributed by atoms with Crippen LogP contribution in [0.2, 0.25) is 5.02 Å². The number of benzene rings is 3. The highest BCUT2D eigenvalue weighted by Crippen LogP contribution is 2.34. The number of amides is 4. The Labute approximate surface area is 223 Å². The summed E-state index contributed by atoms with van der Waals surface area (Å²) in [5, 5.41) is 4.17. The van der Waals surface area contributed by atoms with Gasteiger partial charge in [0.2, 0.25) is 15.9 Å². The fourth-order valence-electron chi connectivity index (χ4n) is 4.88. The average molecular weight is 559 g/mol.